The molecule has 1 fully saturated rings. The van der Waals surface area contributed by atoms with E-state index in [0.29, 0.717) is 6.04 Å². The van der Waals surface area contributed by atoms with Gasteiger partial charge in [0.05, 0.1) is 0 Å². The predicted octanol–water partition coefficient (Wildman–Crippen LogP) is 4.38. The number of rotatable bonds is 4. The van der Waals surface area contributed by atoms with Crippen LogP contribution < -0.4 is 5.32 Å². The molecular weight excluding hydrogens is 230 g/mol. The standard InChI is InChI=1S/C18H29N/c1-5-19-17-13-14(2)11-12-16(17)18(3,4)15-9-7-6-8-10-15/h6-10,14,16-17,19H,5,11-13H2,1-4H3. The summed E-state index contributed by atoms with van der Waals surface area (Å²) in [6.45, 7) is 10.6. The normalized spacial score (nSPS) is 28.3. The van der Waals surface area contributed by atoms with E-state index in [-0.39, 0.29) is 5.41 Å². The average molecular weight is 259 g/mol. The molecule has 0 bridgehead atoms. The van der Waals surface area contributed by atoms with Gasteiger partial charge in [-0.25, -0.2) is 0 Å². The fourth-order valence-corrected chi connectivity index (χ4v) is 3.81. The molecule has 1 aliphatic carbocycles. The molecule has 0 aromatic heterocycles. The molecule has 1 nitrogen and oxygen atoms in total. The topological polar surface area (TPSA) is 12.0 Å². The minimum Gasteiger partial charge on any atom is -0.314 e. The highest BCUT2D eigenvalue weighted by Crippen LogP contribution is 2.42. The first-order valence-corrected chi connectivity index (χ1v) is 7.84. The van der Waals surface area contributed by atoms with E-state index in [1.165, 1.54) is 24.8 Å². The van der Waals surface area contributed by atoms with Crippen molar-refractivity contribution in [3.63, 3.8) is 0 Å². The van der Waals surface area contributed by atoms with Gasteiger partial charge in [0.1, 0.15) is 0 Å². The van der Waals surface area contributed by atoms with Gasteiger partial charge in [0.2, 0.25) is 0 Å². The molecule has 2 rings (SSSR count). The second-order valence-electron chi connectivity index (χ2n) is 6.78. The van der Waals surface area contributed by atoms with E-state index >= 15 is 0 Å². The maximum absolute atomic E-state index is 3.74. The molecule has 1 N–H and O–H groups in total. The Morgan fingerprint density at radius 2 is 1.84 bits per heavy atom. The number of benzene rings is 1. The van der Waals surface area contributed by atoms with Crippen LogP contribution in [0.5, 0.6) is 0 Å². The lowest BCUT2D eigenvalue weighted by Gasteiger charge is -2.45. The SMILES string of the molecule is CCNC1CC(C)CCC1C(C)(C)c1ccccc1. The van der Waals surface area contributed by atoms with Crippen molar-refractivity contribution < 1.29 is 0 Å². The van der Waals surface area contributed by atoms with Crippen LogP contribution in [0.2, 0.25) is 0 Å². The van der Waals surface area contributed by atoms with Crippen LogP contribution in [-0.4, -0.2) is 12.6 Å². The number of nitrogens with one attached hydrogen (secondary N) is 1. The maximum Gasteiger partial charge on any atom is 0.0106 e. The van der Waals surface area contributed by atoms with Gasteiger partial charge >= 0.3 is 0 Å². The molecule has 3 atom stereocenters. The van der Waals surface area contributed by atoms with Crippen molar-refractivity contribution in [3.05, 3.63) is 35.9 Å². The first-order chi connectivity index (χ1) is 9.05. The minimum absolute atomic E-state index is 0.258. The van der Waals surface area contributed by atoms with Gasteiger partial charge in [0.15, 0.2) is 0 Å². The summed E-state index contributed by atoms with van der Waals surface area (Å²) in [4.78, 5) is 0. The molecule has 1 saturated carbocycles. The van der Waals surface area contributed by atoms with Crippen LogP contribution in [0.15, 0.2) is 30.3 Å². The lowest BCUT2D eigenvalue weighted by Crippen LogP contribution is -2.48. The van der Waals surface area contributed by atoms with Gasteiger partial charge in [-0.2, -0.15) is 0 Å². The zero-order valence-electron chi connectivity index (χ0n) is 12.9. The molecule has 0 saturated heterocycles. The van der Waals surface area contributed by atoms with Gasteiger partial charge in [0, 0.05) is 6.04 Å². The zero-order chi connectivity index (χ0) is 13.9. The average Bonchev–Trinajstić information content (AvgIpc) is 2.40. The summed E-state index contributed by atoms with van der Waals surface area (Å²) < 4.78 is 0. The van der Waals surface area contributed by atoms with Crippen LogP contribution in [0.4, 0.5) is 0 Å². The summed E-state index contributed by atoms with van der Waals surface area (Å²) in [6, 6.07) is 11.7. The molecule has 106 valence electrons. The minimum atomic E-state index is 0.258. The first kappa shape index (κ1) is 14.6. The molecule has 0 radical (unpaired) electrons. The molecule has 3 unspecified atom stereocenters. The van der Waals surface area contributed by atoms with Crippen molar-refractivity contribution >= 4 is 0 Å². The summed E-state index contributed by atoms with van der Waals surface area (Å²) in [6.07, 6.45) is 4.05. The molecule has 0 amide bonds. The summed E-state index contributed by atoms with van der Waals surface area (Å²) in [5, 5.41) is 3.74. The van der Waals surface area contributed by atoms with Gasteiger partial charge < -0.3 is 5.32 Å². The molecule has 0 aliphatic heterocycles. The van der Waals surface area contributed by atoms with Crippen molar-refractivity contribution in [2.75, 3.05) is 6.54 Å². The van der Waals surface area contributed by atoms with Crippen LogP contribution in [-0.2, 0) is 5.41 Å². The van der Waals surface area contributed by atoms with Crippen molar-refractivity contribution in [1.29, 1.82) is 0 Å². The van der Waals surface area contributed by atoms with Crippen LogP contribution in [0, 0.1) is 11.8 Å². The Hall–Kier alpha value is -0.820. The second kappa shape index (κ2) is 6.09. The van der Waals surface area contributed by atoms with E-state index in [4.69, 9.17) is 0 Å². The third-order valence-corrected chi connectivity index (χ3v) is 5.02. The summed E-state index contributed by atoms with van der Waals surface area (Å²) in [7, 11) is 0. The van der Waals surface area contributed by atoms with Gasteiger partial charge in [-0.3, -0.25) is 0 Å². The zero-order valence-corrected chi connectivity index (χ0v) is 12.9. The summed E-state index contributed by atoms with van der Waals surface area (Å²) >= 11 is 0. The molecule has 0 spiro atoms. The first-order valence-electron chi connectivity index (χ1n) is 7.84. The Bertz CT molecular complexity index is 382. The van der Waals surface area contributed by atoms with Gasteiger partial charge in [0.25, 0.3) is 0 Å². The van der Waals surface area contributed by atoms with E-state index < -0.39 is 0 Å². The van der Waals surface area contributed by atoms with Crippen LogP contribution in [0.1, 0.15) is 52.5 Å². The molecule has 19 heavy (non-hydrogen) atoms. The lowest BCUT2D eigenvalue weighted by molar-refractivity contribution is 0.147. The Balaban J connectivity index is 2.22. The predicted molar refractivity (Wildman–Crippen MR) is 83.4 cm³/mol. The maximum atomic E-state index is 3.74. The van der Waals surface area contributed by atoms with Crippen molar-refractivity contribution in [2.24, 2.45) is 11.8 Å². The molecule has 1 aliphatic rings. The van der Waals surface area contributed by atoms with Gasteiger partial charge in [-0.1, -0.05) is 64.4 Å². The summed E-state index contributed by atoms with van der Waals surface area (Å²) in [5.41, 5.74) is 1.74. The third-order valence-electron chi connectivity index (χ3n) is 5.02. The molecule has 1 aromatic rings. The molecule has 1 heteroatoms. The van der Waals surface area contributed by atoms with Crippen LogP contribution >= 0.6 is 0 Å². The van der Waals surface area contributed by atoms with E-state index in [2.05, 4.69) is 63.3 Å². The molecule has 1 aromatic carbocycles. The van der Waals surface area contributed by atoms with E-state index in [1.54, 1.807) is 0 Å². The Morgan fingerprint density at radius 1 is 1.16 bits per heavy atom. The highest BCUT2D eigenvalue weighted by atomic mass is 14.9. The number of hydrogen-bond acceptors (Lipinski definition) is 1. The van der Waals surface area contributed by atoms with Crippen LogP contribution in [0.3, 0.4) is 0 Å². The quantitative estimate of drug-likeness (QED) is 0.846. The van der Waals surface area contributed by atoms with Gasteiger partial charge in [-0.15, -0.1) is 0 Å². The molecular formula is C18H29N. The highest BCUT2D eigenvalue weighted by molar-refractivity contribution is 5.25. The largest absolute Gasteiger partial charge is 0.314 e. The van der Waals surface area contributed by atoms with Gasteiger partial charge in [-0.05, 0) is 42.2 Å². The van der Waals surface area contributed by atoms with Crippen molar-refractivity contribution in [3.8, 4) is 0 Å². The highest BCUT2D eigenvalue weighted by Gasteiger charge is 2.39. The van der Waals surface area contributed by atoms with Crippen molar-refractivity contribution in [2.45, 2.75) is 58.4 Å². The molecule has 0 heterocycles. The van der Waals surface area contributed by atoms with E-state index in [1.807, 2.05) is 0 Å². The summed E-state index contributed by atoms with van der Waals surface area (Å²) in [5.74, 6) is 1.61. The third kappa shape index (κ3) is 3.20. The lowest BCUT2D eigenvalue weighted by atomic mass is 9.63. The fraction of sp³-hybridized carbons (Fsp3) is 0.667. The number of hydrogen-bond donors (Lipinski definition) is 1. The monoisotopic (exact) mass is 259 g/mol. The fourth-order valence-electron chi connectivity index (χ4n) is 3.81. The Kier molecular flexibility index (Phi) is 4.67. The smallest absolute Gasteiger partial charge is 0.0106 e. The second-order valence-corrected chi connectivity index (χ2v) is 6.78. The van der Waals surface area contributed by atoms with E-state index in [0.717, 1.165) is 18.4 Å². The Morgan fingerprint density at radius 3 is 2.47 bits per heavy atom. The Labute approximate surface area is 118 Å². The van der Waals surface area contributed by atoms with Crippen molar-refractivity contribution in [1.82, 2.24) is 5.32 Å². The van der Waals surface area contributed by atoms with Crippen LogP contribution in [0.25, 0.3) is 0 Å². The van der Waals surface area contributed by atoms with E-state index in [9.17, 15) is 0 Å².